The minimum atomic E-state index is 0.381. The smallest absolute Gasteiger partial charge is 0.123 e. The first-order valence-corrected chi connectivity index (χ1v) is 6.59. The first-order valence-electron chi connectivity index (χ1n) is 6.59. The van der Waals surface area contributed by atoms with Crippen LogP contribution in [0.1, 0.15) is 24.1 Å². The molecule has 0 spiro atoms. The van der Waals surface area contributed by atoms with Crippen LogP contribution >= 0.6 is 0 Å². The molecular formula is C17H21NO. The van der Waals surface area contributed by atoms with Gasteiger partial charge in [-0.1, -0.05) is 48.5 Å². The Bertz CT molecular complexity index is 510. The molecule has 2 rings (SSSR count). The van der Waals surface area contributed by atoms with E-state index < -0.39 is 0 Å². The van der Waals surface area contributed by atoms with Gasteiger partial charge in [0.25, 0.3) is 0 Å². The lowest BCUT2D eigenvalue weighted by Gasteiger charge is -2.25. The van der Waals surface area contributed by atoms with E-state index in [2.05, 4.69) is 61.3 Å². The third-order valence-electron chi connectivity index (χ3n) is 3.56. The summed E-state index contributed by atoms with van der Waals surface area (Å²) in [4.78, 5) is 2.33. The lowest BCUT2D eigenvalue weighted by Crippen LogP contribution is -2.22. The Balaban J connectivity index is 2.10. The molecule has 0 bridgehead atoms. The molecule has 0 aliphatic carbocycles. The third kappa shape index (κ3) is 3.36. The van der Waals surface area contributed by atoms with Gasteiger partial charge in [-0.05, 0) is 25.6 Å². The number of nitrogens with zero attached hydrogens (tertiary/aromatic N) is 1. The van der Waals surface area contributed by atoms with Crippen molar-refractivity contribution in [2.75, 3.05) is 14.2 Å². The Morgan fingerprint density at radius 1 is 1.00 bits per heavy atom. The number of benzene rings is 2. The first-order chi connectivity index (χ1) is 9.22. The summed E-state index contributed by atoms with van der Waals surface area (Å²) in [5, 5.41) is 0. The highest BCUT2D eigenvalue weighted by molar-refractivity contribution is 5.33. The topological polar surface area (TPSA) is 12.5 Å². The van der Waals surface area contributed by atoms with Crippen LogP contribution in [0.15, 0.2) is 54.6 Å². The summed E-state index contributed by atoms with van der Waals surface area (Å²) >= 11 is 0. The number of hydrogen-bond acceptors (Lipinski definition) is 2. The molecule has 2 aromatic rings. The zero-order chi connectivity index (χ0) is 13.7. The molecule has 0 saturated heterocycles. The molecule has 0 heterocycles. The van der Waals surface area contributed by atoms with Crippen molar-refractivity contribution in [1.82, 2.24) is 4.90 Å². The van der Waals surface area contributed by atoms with Crippen LogP contribution in [0.4, 0.5) is 0 Å². The van der Waals surface area contributed by atoms with Gasteiger partial charge in [-0.2, -0.15) is 0 Å². The van der Waals surface area contributed by atoms with Crippen LogP contribution in [-0.2, 0) is 6.54 Å². The van der Waals surface area contributed by atoms with Crippen molar-refractivity contribution in [1.29, 1.82) is 0 Å². The summed E-state index contributed by atoms with van der Waals surface area (Å²) in [6, 6.07) is 19.1. The monoisotopic (exact) mass is 255 g/mol. The van der Waals surface area contributed by atoms with E-state index in [9.17, 15) is 0 Å². The quantitative estimate of drug-likeness (QED) is 0.803. The van der Waals surface area contributed by atoms with E-state index >= 15 is 0 Å². The summed E-state index contributed by atoms with van der Waals surface area (Å²) in [6.07, 6.45) is 0. The van der Waals surface area contributed by atoms with Gasteiger partial charge in [0.05, 0.1) is 7.11 Å². The molecule has 0 N–H and O–H groups in total. The van der Waals surface area contributed by atoms with Gasteiger partial charge in [0.15, 0.2) is 0 Å². The molecule has 2 aromatic carbocycles. The Kier molecular flexibility index (Phi) is 4.58. The van der Waals surface area contributed by atoms with Crippen molar-refractivity contribution in [3.05, 3.63) is 65.7 Å². The fourth-order valence-corrected chi connectivity index (χ4v) is 2.23. The second-order valence-electron chi connectivity index (χ2n) is 4.81. The molecular weight excluding hydrogens is 234 g/mol. The van der Waals surface area contributed by atoms with Crippen LogP contribution in [-0.4, -0.2) is 19.1 Å². The van der Waals surface area contributed by atoms with Crippen LogP contribution in [0, 0.1) is 0 Å². The van der Waals surface area contributed by atoms with Crippen LogP contribution in [0.3, 0.4) is 0 Å². The highest BCUT2D eigenvalue weighted by atomic mass is 16.5. The Labute approximate surface area is 115 Å². The zero-order valence-corrected chi connectivity index (χ0v) is 11.8. The molecule has 0 aromatic heterocycles. The van der Waals surface area contributed by atoms with Gasteiger partial charge < -0.3 is 4.74 Å². The largest absolute Gasteiger partial charge is 0.496 e. The van der Waals surface area contributed by atoms with Gasteiger partial charge in [0.1, 0.15) is 5.75 Å². The van der Waals surface area contributed by atoms with Gasteiger partial charge >= 0.3 is 0 Å². The lowest BCUT2D eigenvalue weighted by molar-refractivity contribution is 0.249. The maximum atomic E-state index is 5.40. The maximum Gasteiger partial charge on any atom is 0.123 e. The maximum absolute atomic E-state index is 5.40. The van der Waals surface area contributed by atoms with Gasteiger partial charge in [-0.3, -0.25) is 4.90 Å². The lowest BCUT2D eigenvalue weighted by atomic mass is 10.1. The van der Waals surface area contributed by atoms with E-state index in [1.54, 1.807) is 7.11 Å². The number of para-hydroxylation sites is 1. The van der Waals surface area contributed by atoms with Gasteiger partial charge in [0.2, 0.25) is 0 Å². The second kappa shape index (κ2) is 6.39. The standard InChI is InChI=1S/C17H21NO/c1-14(15-9-5-4-6-10-15)18(2)13-16-11-7-8-12-17(16)19-3/h4-12,14H,13H2,1-3H3. The Morgan fingerprint density at radius 3 is 2.32 bits per heavy atom. The van der Waals surface area contributed by atoms with Crippen molar-refractivity contribution in [3.63, 3.8) is 0 Å². The average molecular weight is 255 g/mol. The normalized spacial score (nSPS) is 12.4. The SMILES string of the molecule is COc1ccccc1CN(C)C(C)c1ccccc1. The van der Waals surface area contributed by atoms with E-state index in [-0.39, 0.29) is 0 Å². The molecule has 2 nitrogen and oxygen atoms in total. The van der Waals surface area contributed by atoms with Crippen molar-refractivity contribution >= 4 is 0 Å². The third-order valence-corrected chi connectivity index (χ3v) is 3.56. The molecule has 0 aliphatic rings. The Morgan fingerprint density at radius 2 is 1.63 bits per heavy atom. The van der Waals surface area contributed by atoms with Gasteiger partial charge in [0, 0.05) is 18.2 Å². The minimum Gasteiger partial charge on any atom is -0.496 e. The van der Waals surface area contributed by atoms with Crippen molar-refractivity contribution in [3.8, 4) is 5.75 Å². The number of methoxy groups -OCH3 is 1. The van der Waals surface area contributed by atoms with Gasteiger partial charge in [-0.15, -0.1) is 0 Å². The predicted octanol–water partition coefficient (Wildman–Crippen LogP) is 3.89. The van der Waals surface area contributed by atoms with Crippen molar-refractivity contribution in [2.45, 2.75) is 19.5 Å². The predicted molar refractivity (Wildman–Crippen MR) is 79.3 cm³/mol. The first kappa shape index (κ1) is 13.6. The van der Waals surface area contributed by atoms with Crippen molar-refractivity contribution < 1.29 is 4.74 Å². The van der Waals surface area contributed by atoms with E-state index in [1.807, 2.05) is 12.1 Å². The number of ether oxygens (including phenoxy) is 1. The fourth-order valence-electron chi connectivity index (χ4n) is 2.23. The highest BCUT2D eigenvalue weighted by Gasteiger charge is 2.13. The summed E-state index contributed by atoms with van der Waals surface area (Å²) in [6.45, 7) is 3.10. The molecule has 0 radical (unpaired) electrons. The highest BCUT2D eigenvalue weighted by Crippen LogP contribution is 2.24. The summed E-state index contributed by atoms with van der Waals surface area (Å²) < 4.78 is 5.40. The molecule has 0 amide bonds. The zero-order valence-electron chi connectivity index (χ0n) is 11.8. The molecule has 0 saturated carbocycles. The van der Waals surface area contributed by atoms with Crippen LogP contribution < -0.4 is 4.74 Å². The summed E-state index contributed by atoms with van der Waals surface area (Å²) in [5.41, 5.74) is 2.55. The molecule has 2 heteroatoms. The van der Waals surface area contributed by atoms with Gasteiger partial charge in [-0.25, -0.2) is 0 Å². The molecule has 1 atom stereocenters. The average Bonchev–Trinajstić information content (AvgIpc) is 2.48. The molecule has 0 fully saturated rings. The van der Waals surface area contributed by atoms with E-state index in [4.69, 9.17) is 4.74 Å². The molecule has 19 heavy (non-hydrogen) atoms. The Hall–Kier alpha value is -1.80. The molecule has 1 unspecified atom stereocenters. The molecule has 100 valence electrons. The second-order valence-corrected chi connectivity index (χ2v) is 4.81. The van der Waals surface area contributed by atoms with E-state index in [1.165, 1.54) is 11.1 Å². The number of hydrogen-bond donors (Lipinski definition) is 0. The van der Waals surface area contributed by atoms with Crippen LogP contribution in [0.25, 0.3) is 0 Å². The fraction of sp³-hybridized carbons (Fsp3) is 0.294. The van der Waals surface area contributed by atoms with E-state index in [0.717, 1.165) is 12.3 Å². The van der Waals surface area contributed by atoms with Crippen LogP contribution in [0.5, 0.6) is 5.75 Å². The van der Waals surface area contributed by atoms with Crippen molar-refractivity contribution in [2.24, 2.45) is 0 Å². The van der Waals surface area contributed by atoms with Crippen LogP contribution in [0.2, 0.25) is 0 Å². The number of rotatable bonds is 5. The molecule has 0 aliphatic heterocycles. The summed E-state index contributed by atoms with van der Waals surface area (Å²) in [7, 11) is 3.86. The summed E-state index contributed by atoms with van der Waals surface area (Å²) in [5.74, 6) is 0.953. The minimum absolute atomic E-state index is 0.381. The van der Waals surface area contributed by atoms with E-state index in [0.29, 0.717) is 6.04 Å².